The van der Waals surface area contributed by atoms with E-state index in [1.165, 1.54) is 24.7 Å². The Kier molecular flexibility index (Phi) is 13.7. The Bertz CT molecular complexity index is 1590. The van der Waals surface area contributed by atoms with E-state index in [0.29, 0.717) is 12.3 Å². The number of amides is 2. The van der Waals surface area contributed by atoms with Crippen LogP contribution in [0, 0.1) is 11.3 Å². The van der Waals surface area contributed by atoms with Gasteiger partial charge in [0.1, 0.15) is 24.1 Å². The molecule has 1 saturated carbocycles. The van der Waals surface area contributed by atoms with Gasteiger partial charge in [-0.25, -0.2) is 19.3 Å². The number of nitrogens with zero attached hydrogens (tertiary/aromatic N) is 4. The molecule has 272 valence electrons. The molecule has 0 bridgehead atoms. The number of aromatic nitrogens is 4. The average Bonchev–Trinajstić information content (AvgIpc) is 3.54. The van der Waals surface area contributed by atoms with Gasteiger partial charge in [0.25, 0.3) is 15.6 Å². The number of nitrogen functional groups attached to an aromatic ring is 1. The predicted octanol–water partition coefficient (Wildman–Crippen LogP) is -3.53. The van der Waals surface area contributed by atoms with E-state index in [4.69, 9.17) is 5.73 Å². The molecule has 2 aromatic rings. The molecule has 0 aliphatic heterocycles. The first kappa shape index (κ1) is 40.4. The first-order valence-electron chi connectivity index (χ1n) is 13.9. The second kappa shape index (κ2) is 16.3. The molecule has 0 saturated heterocycles. The molecule has 48 heavy (non-hydrogen) atoms. The Morgan fingerprint density at radius 2 is 1.79 bits per heavy atom. The van der Waals surface area contributed by atoms with Crippen LogP contribution < -0.4 is 35.9 Å². The lowest BCUT2D eigenvalue weighted by Gasteiger charge is -2.37. The van der Waals surface area contributed by atoms with Gasteiger partial charge in [-0.15, -0.1) is 0 Å². The number of nitrogens with one attached hydrogen (secondary N) is 2. The van der Waals surface area contributed by atoms with Crippen molar-refractivity contribution in [2.24, 2.45) is 11.3 Å². The van der Waals surface area contributed by atoms with Crippen molar-refractivity contribution in [2.45, 2.75) is 51.0 Å². The van der Waals surface area contributed by atoms with E-state index in [-0.39, 0.29) is 42.3 Å². The Balaban J connectivity index is 1.61. The molecule has 3 rings (SSSR count). The fraction of sp³-hybridized carbons (Fsp3) is 0.682. The maximum atomic E-state index is 12.5. The van der Waals surface area contributed by atoms with Crippen molar-refractivity contribution < 1.29 is 71.0 Å². The standard InChI is InChI=1S/C22H38N7O15P3S/c1-22(2,18(32)21(33)25-4-3-14(30)24-5-6-48)9-42-47(39,40)44-46(37,38)41-8-12-7-13(16(31)17(12)43-45(34,35)36)29-11-28-15-19(23)26-10-27-20(15)29/h10-13,16-18,31-32,48H,3-9H2,1-2H3,(H,24,30)(H,25,33)(H,37,38)(H,39,40)(H2,23,26,27)(H2,34,35,36)/p-4/t12-,13-,16?,17+,18+/m1/s1. The molecule has 0 aromatic carbocycles. The molecule has 1 aliphatic rings. The van der Waals surface area contributed by atoms with Crippen molar-refractivity contribution >= 4 is 64.9 Å². The van der Waals surface area contributed by atoms with Gasteiger partial charge in [-0.2, -0.15) is 12.6 Å². The van der Waals surface area contributed by atoms with Crippen LogP contribution in [-0.2, 0) is 41.2 Å². The van der Waals surface area contributed by atoms with E-state index < -0.39 is 78.3 Å². The lowest BCUT2D eigenvalue weighted by molar-refractivity contribution is -0.347. The summed E-state index contributed by atoms with van der Waals surface area (Å²) < 4.78 is 55.3. The fourth-order valence-electron chi connectivity index (χ4n) is 4.65. The molecule has 0 spiro atoms. The number of aliphatic hydroxyl groups is 2. The summed E-state index contributed by atoms with van der Waals surface area (Å²) in [6.07, 6.45) is -3.60. The van der Waals surface area contributed by atoms with Gasteiger partial charge in [-0.05, 0) is 6.42 Å². The van der Waals surface area contributed by atoms with Gasteiger partial charge >= 0.3 is 0 Å². The highest BCUT2D eigenvalue weighted by atomic mass is 32.1. The molecule has 6 N–H and O–H groups in total. The number of carbonyl (C=O) groups excluding carboxylic acids is 2. The van der Waals surface area contributed by atoms with Gasteiger partial charge in [0.2, 0.25) is 11.8 Å². The number of fused-ring (bicyclic) bond motifs is 1. The third-order valence-electron chi connectivity index (χ3n) is 7.05. The van der Waals surface area contributed by atoms with Crippen LogP contribution in [0.1, 0.15) is 32.7 Å². The van der Waals surface area contributed by atoms with Crippen molar-refractivity contribution in [2.75, 3.05) is 37.8 Å². The molecular weight excluding hydrogens is 727 g/mol. The number of aliphatic hydroxyl groups excluding tert-OH is 2. The van der Waals surface area contributed by atoms with Crippen LogP contribution in [0.2, 0.25) is 0 Å². The number of imidazole rings is 1. The van der Waals surface area contributed by atoms with Crippen LogP contribution >= 0.6 is 36.1 Å². The highest BCUT2D eigenvalue weighted by Crippen LogP contribution is 2.57. The minimum absolute atomic E-state index is 0.0149. The topological polar surface area (TPSA) is 349 Å². The lowest BCUT2D eigenvalue weighted by Crippen LogP contribution is -2.46. The van der Waals surface area contributed by atoms with Crippen LogP contribution in [-0.4, -0.2) is 91.9 Å². The zero-order valence-electron chi connectivity index (χ0n) is 25.3. The third kappa shape index (κ3) is 11.2. The number of phosphoric acid groups is 3. The Hall–Kier alpha value is -2.07. The summed E-state index contributed by atoms with van der Waals surface area (Å²) in [5.74, 6) is -2.32. The Morgan fingerprint density at radius 3 is 2.44 bits per heavy atom. The molecule has 26 heteroatoms. The predicted molar refractivity (Wildman–Crippen MR) is 158 cm³/mol. The molecule has 2 aromatic heterocycles. The quantitative estimate of drug-likeness (QED) is 0.0633. The Morgan fingerprint density at radius 1 is 1.12 bits per heavy atom. The first-order valence-corrected chi connectivity index (χ1v) is 18.9. The SMILES string of the molecule is CC(C)(COP(=O)([O-])OP(=O)([O-])OC[C@H]1C[C@@H](n2cnc3c(N)ncnc32)C(O)[C@H]1OP(=O)([O-])[O-])[C@@H](O)C(=O)NCCC(=O)NCCS. The minimum atomic E-state index is -5.80. The number of carbonyl (C=O) groups is 2. The van der Waals surface area contributed by atoms with Gasteiger partial charge in [0, 0.05) is 36.6 Å². The summed E-state index contributed by atoms with van der Waals surface area (Å²) in [7, 11) is -17.3. The molecule has 1 aliphatic carbocycles. The minimum Gasteiger partial charge on any atom is -0.790 e. The second-order valence-electron chi connectivity index (χ2n) is 11.2. The number of phosphoric ester groups is 3. The van der Waals surface area contributed by atoms with Crippen molar-refractivity contribution in [3.63, 3.8) is 0 Å². The maximum Gasteiger partial charge on any atom is 0.274 e. The molecular formula is C22H34N7O15P3S-4. The van der Waals surface area contributed by atoms with E-state index in [0.717, 1.165) is 6.33 Å². The van der Waals surface area contributed by atoms with Gasteiger partial charge in [-0.1, -0.05) is 13.8 Å². The van der Waals surface area contributed by atoms with E-state index in [9.17, 15) is 53.1 Å². The van der Waals surface area contributed by atoms with E-state index >= 15 is 0 Å². The van der Waals surface area contributed by atoms with Crippen LogP contribution in [0.25, 0.3) is 11.2 Å². The third-order valence-corrected chi connectivity index (χ3v) is 10.3. The smallest absolute Gasteiger partial charge is 0.274 e. The van der Waals surface area contributed by atoms with E-state index in [1.807, 2.05) is 0 Å². The van der Waals surface area contributed by atoms with Crippen LogP contribution in [0.4, 0.5) is 5.82 Å². The van der Waals surface area contributed by atoms with Gasteiger partial charge < -0.3 is 68.9 Å². The van der Waals surface area contributed by atoms with E-state index in [1.54, 1.807) is 0 Å². The maximum absolute atomic E-state index is 12.5. The molecule has 3 unspecified atom stereocenters. The van der Waals surface area contributed by atoms with Crippen molar-refractivity contribution in [3.05, 3.63) is 12.7 Å². The molecule has 2 amide bonds. The van der Waals surface area contributed by atoms with Crippen LogP contribution in [0.5, 0.6) is 0 Å². The summed E-state index contributed by atoms with van der Waals surface area (Å²) in [4.78, 5) is 83.4. The highest BCUT2D eigenvalue weighted by molar-refractivity contribution is 7.80. The van der Waals surface area contributed by atoms with Crippen LogP contribution in [0.3, 0.4) is 0 Å². The zero-order valence-corrected chi connectivity index (χ0v) is 28.9. The number of rotatable bonds is 18. The molecule has 1 fully saturated rings. The summed E-state index contributed by atoms with van der Waals surface area (Å²) in [6.45, 7) is 0.620. The highest BCUT2D eigenvalue weighted by Gasteiger charge is 2.46. The summed E-state index contributed by atoms with van der Waals surface area (Å²) in [6, 6.07) is -1.10. The normalized spacial score (nSPS) is 23.4. The zero-order chi connectivity index (χ0) is 36.1. The van der Waals surface area contributed by atoms with Gasteiger partial charge in [0.05, 0.1) is 39.5 Å². The van der Waals surface area contributed by atoms with Gasteiger partial charge in [-0.3, -0.25) is 18.7 Å². The number of nitrogens with two attached hydrogens (primary N) is 1. The summed E-state index contributed by atoms with van der Waals surface area (Å²) in [5.41, 5.74) is 4.37. The van der Waals surface area contributed by atoms with Crippen molar-refractivity contribution in [1.82, 2.24) is 30.2 Å². The summed E-state index contributed by atoms with van der Waals surface area (Å²) >= 11 is 3.94. The Labute approximate surface area is 278 Å². The molecule has 7 atom stereocenters. The lowest BCUT2D eigenvalue weighted by atomic mass is 9.87. The summed E-state index contributed by atoms with van der Waals surface area (Å²) in [5, 5.41) is 26.1. The van der Waals surface area contributed by atoms with Crippen molar-refractivity contribution in [1.29, 1.82) is 0 Å². The number of anilines is 1. The number of hydrogen-bond donors (Lipinski definition) is 6. The largest absolute Gasteiger partial charge is 0.790 e. The van der Waals surface area contributed by atoms with Crippen LogP contribution in [0.15, 0.2) is 12.7 Å². The monoisotopic (exact) mass is 761 g/mol. The second-order valence-corrected chi connectivity index (χ2v) is 15.7. The molecule has 0 radical (unpaired) electrons. The number of thiol groups is 1. The van der Waals surface area contributed by atoms with Crippen molar-refractivity contribution in [3.8, 4) is 0 Å². The van der Waals surface area contributed by atoms with E-state index in [2.05, 4.69) is 56.1 Å². The average molecular weight is 762 g/mol. The molecule has 2 heterocycles. The first-order chi connectivity index (χ1) is 22.2. The van der Waals surface area contributed by atoms with Gasteiger partial charge in [0.15, 0.2) is 11.5 Å². The molecule has 22 nitrogen and oxygen atoms in total. The fourth-order valence-corrected chi connectivity index (χ4v) is 7.58. The number of hydrogen-bond acceptors (Lipinski definition) is 20.